The Kier molecular flexibility index (Phi) is 4.20. The van der Waals surface area contributed by atoms with Crippen LogP contribution in [0.3, 0.4) is 0 Å². The molecule has 1 N–H and O–H groups in total. The highest BCUT2D eigenvalue weighted by Gasteiger charge is 2.02. The van der Waals surface area contributed by atoms with Crippen LogP contribution in [0.15, 0.2) is 24.5 Å². The van der Waals surface area contributed by atoms with Gasteiger partial charge >= 0.3 is 0 Å². The van der Waals surface area contributed by atoms with E-state index in [0.29, 0.717) is 5.15 Å². The molecule has 0 amide bonds. The van der Waals surface area contributed by atoms with Gasteiger partial charge in [0.1, 0.15) is 5.15 Å². The molecule has 0 aliphatic carbocycles. The smallest absolute Gasteiger partial charge is 0.129 e. The van der Waals surface area contributed by atoms with Crippen LogP contribution in [0.4, 0.5) is 5.69 Å². The molecule has 0 aromatic carbocycles. The molecule has 0 fully saturated rings. The van der Waals surface area contributed by atoms with Gasteiger partial charge in [0.15, 0.2) is 0 Å². The molecule has 18 heavy (non-hydrogen) atoms. The second kappa shape index (κ2) is 5.87. The van der Waals surface area contributed by atoms with Crippen molar-refractivity contribution in [2.45, 2.75) is 33.4 Å². The second-order valence-electron chi connectivity index (χ2n) is 4.23. The maximum Gasteiger partial charge on any atom is 0.129 e. The summed E-state index contributed by atoms with van der Waals surface area (Å²) in [6.07, 6.45) is 5.05. The summed E-state index contributed by atoms with van der Waals surface area (Å²) in [6.45, 7) is 5.78. The van der Waals surface area contributed by atoms with E-state index in [1.54, 1.807) is 6.07 Å². The zero-order valence-electron chi connectivity index (χ0n) is 10.7. The van der Waals surface area contributed by atoms with E-state index in [1.807, 2.05) is 23.9 Å². The van der Waals surface area contributed by atoms with E-state index in [4.69, 9.17) is 11.6 Å². The fraction of sp³-hybridized carbons (Fsp3) is 0.385. The van der Waals surface area contributed by atoms with Gasteiger partial charge < -0.3 is 5.32 Å². The number of hydrogen-bond donors (Lipinski definition) is 1. The minimum atomic E-state index is 0.522. The van der Waals surface area contributed by atoms with Gasteiger partial charge in [-0.15, -0.1) is 0 Å². The first-order chi connectivity index (χ1) is 8.69. The summed E-state index contributed by atoms with van der Waals surface area (Å²) in [6, 6.07) is 3.73. The lowest BCUT2D eigenvalue weighted by molar-refractivity contribution is 0.602. The van der Waals surface area contributed by atoms with Crippen LogP contribution >= 0.6 is 11.6 Å². The van der Waals surface area contributed by atoms with Crippen molar-refractivity contribution in [3.05, 3.63) is 40.9 Å². The number of aromatic nitrogens is 3. The third kappa shape index (κ3) is 3.23. The van der Waals surface area contributed by atoms with Crippen molar-refractivity contribution < 1.29 is 0 Å². The molecular weight excluding hydrogens is 248 g/mol. The van der Waals surface area contributed by atoms with Crippen LogP contribution in [0.5, 0.6) is 0 Å². The number of pyridine rings is 1. The van der Waals surface area contributed by atoms with E-state index in [1.165, 1.54) is 0 Å². The Morgan fingerprint density at radius 2 is 2.22 bits per heavy atom. The Morgan fingerprint density at radius 3 is 2.94 bits per heavy atom. The summed E-state index contributed by atoms with van der Waals surface area (Å²) in [4.78, 5) is 4.20. The maximum absolute atomic E-state index is 5.82. The van der Waals surface area contributed by atoms with Gasteiger partial charge in [-0.25, -0.2) is 4.98 Å². The second-order valence-corrected chi connectivity index (χ2v) is 4.62. The molecule has 0 saturated carbocycles. The molecule has 0 aliphatic heterocycles. The minimum absolute atomic E-state index is 0.522. The largest absolute Gasteiger partial charge is 0.379 e. The van der Waals surface area contributed by atoms with Crippen LogP contribution < -0.4 is 5.32 Å². The standard InChI is InChI=1S/C13H17ClN4/c1-3-6-18-9-11(8-16-18)7-15-12-4-5-13(14)17-10(12)2/h4-5,8-9,15H,3,6-7H2,1-2H3. The topological polar surface area (TPSA) is 42.7 Å². The SMILES string of the molecule is CCCn1cc(CNc2ccc(Cl)nc2C)cn1. The lowest BCUT2D eigenvalue weighted by Crippen LogP contribution is -2.01. The Morgan fingerprint density at radius 1 is 1.39 bits per heavy atom. The van der Waals surface area contributed by atoms with Crippen LogP contribution in [-0.2, 0) is 13.1 Å². The fourth-order valence-corrected chi connectivity index (χ4v) is 1.95. The predicted octanol–water partition coefficient (Wildman–Crippen LogP) is 3.26. The van der Waals surface area contributed by atoms with E-state index >= 15 is 0 Å². The van der Waals surface area contributed by atoms with Crippen LogP contribution in [-0.4, -0.2) is 14.8 Å². The summed E-state index contributed by atoms with van der Waals surface area (Å²) in [5, 5.41) is 8.15. The number of nitrogens with one attached hydrogen (secondary N) is 1. The molecule has 0 spiro atoms. The van der Waals surface area contributed by atoms with Crippen molar-refractivity contribution in [2.24, 2.45) is 0 Å². The lowest BCUT2D eigenvalue weighted by atomic mass is 10.3. The van der Waals surface area contributed by atoms with Crippen molar-refractivity contribution in [2.75, 3.05) is 5.32 Å². The Labute approximate surface area is 112 Å². The van der Waals surface area contributed by atoms with Gasteiger partial charge in [0.2, 0.25) is 0 Å². The molecule has 96 valence electrons. The number of anilines is 1. The minimum Gasteiger partial charge on any atom is -0.379 e. The molecule has 0 aliphatic rings. The summed E-state index contributed by atoms with van der Waals surface area (Å²) in [5.41, 5.74) is 3.07. The highest BCUT2D eigenvalue weighted by molar-refractivity contribution is 6.29. The molecule has 0 saturated heterocycles. The van der Waals surface area contributed by atoms with Gasteiger partial charge in [0.25, 0.3) is 0 Å². The zero-order chi connectivity index (χ0) is 13.0. The number of aryl methyl sites for hydroxylation is 2. The Bertz CT molecular complexity index is 521. The van der Waals surface area contributed by atoms with E-state index in [0.717, 1.165) is 36.5 Å². The third-order valence-corrected chi connectivity index (χ3v) is 2.88. The van der Waals surface area contributed by atoms with Crippen LogP contribution in [0, 0.1) is 6.92 Å². The molecule has 2 aromatic heterocycles. The zero-order valence-corrected chi connectivity index (χ0v) is 11.4. The average molecular weight is 265 g/mol. The highest BCUT2D eigenvalue weighted by atomic mass is 35.5. The third-order valence-electron chi connectivity index (χ3n) is 2.67. The lowest BCUT2D eigenvalue weighted by Gasteiger charge is -2.07. The summed E-state index contributed by atoms with van der Waals surface area (Å²) >= 11 is 5.82. The molecule has 0 atom stereocenters. The molecule has 2 heterocycles. The van der Waals surface area contributed by atoms with E-state index < -0.39 is 0 Å². The Balaban J connectivity index is 1.97. The van der Waals surface area contributed by atoms with Crippen molar-refractivity contribution in [1.29, 1.82) is 0 Å². The van der Waals surface area contributed by atoms with Gasteiger partial charge in [0, 0.05) is 24.8 Å². The normalized spacial score (nSPS) is 10.6. The number of rotatable bonds is 5. The monoisotopic (exact) mass is 264 g/mol. The summed E-state index contributed by atoms with van der Waals surface area (Å²) in [5.74, 6) is 0. The van der Waals surface area contributed by atoms with Crippen LogP contribution in [0.2, 0.25) is 5.15 Å². The van der Waals surface area contributed by atoms with Crippen LogP contribution in [0.25, 0.3) is 0 Å². The molecule has 0 unspecified atom stereocenters. The maximum atomic E-state index is 5.82. The average Bonchev–Trinajstić information content (AvgIpc) is 2.76. The van der Waals surface area contributed by atoms with Crippen molar-refractivity contribution in [3.8, 4) is 0 Å². The van der Waals surface area contributed by atoms with Crippen molar-refractivity contribution in [3.63, 3.8) is 0 Å². The fourth-order valence-electron chi connectivity index (χ4n) is 1.76. The predicted molar refractivity (Wildman–Crippen MR) is 73.8 cm³/mol. The van der Waals surface area contributed by atoms with Gasteiger partial charge in [-0.1, -0.05) is 18.5 Å². The molecular formula is C13H17ClN4. The molecule has 0 bridgehead atoms. The first kappa shape index (κ1) is 12.9. The number of halogens is 1. The Hall–Kier alpha value is -1.55. The van der Waals surface area contributed by atoms with Crippen molar-refractivity contribution >= 4 is 17.3 Å². The van der Waals surface area contributed by atoms with Gasteiger partial charge in [-0.05, 0) is 25.5 Å². The van der Waals surface area contributed by atoms with Crippen LogP contribution in [0.1, 0.15) is 24.6 Å². The summed E-state index contributed by atoms with van der Waals surface area (Å²) in [7, 11) is 0. The molecule has 0 radical (unpaired) electrons. The first-order valence-corrected chi connectivity index (χ1v) is 6.45. The summed E-state index contributed by atoms with van der Waals surface area (Å²) < 4.78 is 1.96. The van der Waals surface area contributed by atoms with Gasteiger partial charge in [0.05, 0.1) is 17.6 Å². The molecule has 5 heteroatoms. The molecule has 2 rings (SSSR count). The number of hydrogen-bond acceptors (Lipinski definition) is 3. The van der Waals surface area contributed by atoms with E-state index in [9.17, 15) is 0 Å². The van der Waals surface area contributed by atoms with Crippen molar-refractivity contribution in [1.82, 2.24) is 14.8 Å². The molecule has 2 aromatic rings. The quantitative estimate of drug-likeness (QED) is 0.843. The molecule has 4 nitrogen and oxygen atoms in total. The highest BCUT2D eigenvalue weighted by Crippen LogP contribution is 2.16. The van der Waals surface area contributed by atoms with Gasteiger partial charge in [-0.3, -0.25) is 4.68 Å². The first-order valence-electron chi connectivity index (χ1n) is 6.07. The number of nitrogens with zero attached hydrogens (tertiary/aromatic N) is 3. The van der Waals surface area contributed by atoms with Gasteiger partial charge in [-0.2, -0.15) is 5.10 Å². The van der Waals surface area contributed by atoms with E-state index in [2.05, 4.69) is 28.5 Å². The van der Waals surface area contributed by atoms with E-state index in [-0.39, 0.29) is 0 Å².